The van der Waals surface area contributed by atoms with Crippen molar-refractivity contribution in [2.75, 3.05) is 6.54 Å². The number of nitro benzene ring substituents is 1. The van der Waals surface area contributed by atoms with Crippen LogP contribution in [0.3, 0.4) is 0 Å². The van der Waals surface area contributed by atoms with E-state index in [1.807, 2.05) is 42.5 Å². The minimum atomic E-state index is -0.456. The van der Waals surface area contributed by atoms with Crippen LogP contribution in [-0.2, 0) is 11.3 Å². The highest BCUT2D eigenvalue weighted by Crippen LogP contribution is 2.12. The molecular formula is C18H18N2O4. The van der Waals surface area contributed by atoms with Gasteiger partial charge < -0.3 is 10.1 Å². The van der Waals surface area contributed by atoms with Crippen LogP contribution in [0.5, 0.6) is 0 Å². The first-order valence-corrected chi connectivity index (χ1v) is 7.51. The summed E-state index contributed by atoms with van der Waals surface area (Å²) in [7, 11) is 0. The van der Waals surface area contributed by atoms with Gasteiger partial charge in [-0.2, -0.15) is 0 Å². The second-order valence-corrected chi connectivity index (χ2v) is 5.03. The number of carbonyl (C=O) groups is 1. The molecule has 0 unspecified atom stereocenters. The van der Waals surface area contributed by atoms with E-state index >= 15 is 0 Å². The summed E-state index contributed by atoms with van der Waals surface area (Å²) in [4.78, 5) is 21.7. The largest absolute Gasteiger partial charge is 0.445 e. The molecule has 0 aliphatic rings. The van der Waals surface area contributed by atoms with Crippen LogP contribution in [0.4, 0.5) is 10.5 Å². The molecular weight excluding hydrogens is 308 g/mol. The normalized spacial score (nSPS) is 10.5. The number of non-ortho nitro benzene ring substituents is 1. The lowest BCUT2D eigenvalue weighted by Crippen LogP contribution is -2.24. The van der Waals surface area contributed by atoms with Crippen molar-refractivity contribution in [3.8, 4) is 0 Å². The predicted octanol–water partition coefficient (Wildman–Crippen LogP) is 3.92. The fraction of sp³-hybridized carbons (Fsp3) is 0.167. The molecule has 6 nitrogen and oxygen atoms in total. The first kappa shape index (κ1) is 17.2. The van der Waals surface area contributed by atoms with Crippen LogP contribution in [0.15, 0.2) is 60.7 Å². The van der Waals surface area contributed by atoms with E-state index in [1.54, 1.807) is 12.1 Å². The zero-order chi connectivity index (χ0) is 17.2. The van der Waals surface area contributed by atoms with Crippen LogP contribution in [0.2, 0.25) is 0 Å². The molecule has 0 heterocycles. The zero-order valence-corrected chi connectivity index (χ0v) is 13.1. The molecule has 2 aromatic rings. The van der Waals surface area contributed by atoms with E-state index < -0.39 is 11.0 Å². The molecule has 0 radical (unpaired) electrons. The predicted molar refractivity (Wildman–Crippen MR) is 91.4 cm³/mol. The number of nitrogens with zero attached hydrogens (tertiary/aromatic N) is 1. The summed E-state index contributed by atoms with van der Waals surface area (Å²) in [5.41, 5.74) is 1.87. The molecule has 0 aliphatic carbocycles. The molecule has 0 saturated heterocycles. The summed E-state index contributed by atoms with van der Waals surface area (Å²) in [5, 5.41) is 13.2. The number of amides is 1. The second-order valence-electron chi connectivity index (χ2n) is 5.03. The molecule has 0 bridgehead atoms. The molecule has 2 rings (SSSR count). The van der Waals surface area contributed by atoms with E-state index in [4.69, 9.17) is 4.74 Å². The first-order chi connectivity index (χ1) is 11.6. The highest BCUT2D eigenvalue weighted by molar-refractivity contribution is 5.67. The zero-order valence-electron chi connectivity index (χ0n) is 13.1. The van der Waals surface area contributed by atoms with Crippen molar-refractivity contribution in [1.29, 1.82) is 0 Å². The minimum absolute atomic E-state index is 0.0648. The molecule has 124 valence electrons. The van der Waals surface area contributed by atoms with Gasteiger partial charge in [0, 0.05) is 18.7 Å². The summed E-state index contributed by atoms with van der Waals surface area (Å²) in [6.07, 6.45) is 3.92. The van der Waals surface area contributed by atoms with Gasteiger partial charge in [0.2, 0.25) is 0 Å². The monoisotopic (exact) mass is 326 g/mol. The summed E-state index contributed by atoms with van der Waals surface area (Å²) in [6, 6.07) is 15.7. The summed E-state index contributed by atoms with van der Waals surface area (Å²) in [6.45, 7) is 0.697. The van der Waals surface area contributed by atoms with Gasteiger partial charge in [0.25, 0.3) is 5.69 Å². The highest BCUT2D eigenvalue weighted by Gasteiger charge is 2.02. The third kappa shape index (κ3) is 5.92. The lowest BCUT2D eigenvalue weighted by molar-refractivity contribution is -0.384. The van der Waals surface area contributed by atoms with Crippen LogP contribution < -0.4 is 5.32 Å². The lowest BCUT2D eigenvalue weighted by atomic mass is 10.2. The van der Waals surface area contributed by atoms with E-state index in [0.717, 1.165) is 11.1 Å². The minimum Gasteiger partial charge on any atom is -0.445 e. The molecule has 6 heteroatoms. The molecule has 1 N–H and O–H groups in total. The van der Waals surface area contributed by atoms with Crippen LogP contribution in [0, 0.1) is 10.1 Å². The number of carbonyl (C=O) groups excluding carboxylic acids is 1. The smallest absolute Gasteiger partial charge is 0.407 e. The Morgan fingerprint density at radius 1 is 1.12 bits per heavy atom. The third-order valence-electron chi connectivity index (χ3n) is 3.21. The Kier molecular flexibility index (Phi) is 6.52. The van der Waals surface area contributed by atoms with Gasteiger partial charge >= 0.3 is 6.09 Å². The van der Waals surface area contributed by atoms with Crippen molar-refractivity contribution in [1.82, 2.24) is 5.32 Å². The topological polar surface area (TPSA) is 81.5 Å². The fourth-order valence-corrected chi connectivity index (χ4v) is 1.96. The van der Waals surface area contributed by atoms with Gasteiger partial charge in [-0.3, -0.25) is 10.1 Å². The van der Waals surface area contributed by atoms with Crippen LogP contribution in [0.1, 0.15) is 17.5 Å². The Labute approximate surface area is 139 Å². The van der Waals surface area contributed by atoms with Crippen LogP contribution in [-0.4, -0.2) is 17.6 Å². The van der Waals surface area contributed by atoms with E-state index in [1.165, 1.54) is 12.1 Å². The Balaban J connectivity index is 1.65. The summed E-state index contributed by atoms with van der Waals surface area (Å²) < 4.78 is 5.09. The Morgan fingerprint density at radius 2 is 1.83 bits per heavy atom. The highest BCUT2D eigenvalue weighted by atomic mass is 16.6. The van der Waals surface area contributed by atoms with Crippen LogP contribution in [0.25, 0.3) is 6.08 Å². The molecule has 0 spiro atoms. The van der Waals surface area contributed by atoms with Crippen molar-refractivity contribution in [3.63, 3.8) is 0 Å². The Hall–Kier alpha value is -3.15. The van der Waals surface area contributed by atoms with Gasteiger partial charge in [0.1, 0.15) is 6.61 Å². The van der Waals surface area contributed by atoms with Gasteiger partial charge in [-0.15, -0.1) is 0 Å². The van der Waals surface area contributed by atoms with Crippen molar-refractivity contribution in [2.24, 2.45) is 0 Å². The van der Waals surface area contributed by atoms with Gasteiger partial charge in [-0.05, 0) is 29.7 Å². The maximum absolute atomic E-state index is 11.5. The average Bonchev–Trinajstić information content (AvgIpc) is 2.61. The van der Waals surface area contributed by atoms with Crippen molar-refractivity contribution < 1.29 is 14.5 Å². The molecule has 2 aromatic carbocycles. The van der Waals surface area contributed by atoms with Crippen molar-refractivity contribution in [3.05, 3.63) is 81.9 Å². The maximum Gasteiger partial charge on any atom is 0.407 e. The number of rotatable bonds is 7. The van der Waals surface area contributed by atoms with Crippen LogP contribution >= 0.6 is 0 Å². The maximum atomic E-state index is 11.5. The van der Waals surface area contributed by atoms with E-state index in [2.05, 4.69) is 5.32 Å². The van der Waals surface area contributed by atoms with Gasteiger partial charge in [-0.25, -0.2) is 4.79 Å². The van der Waals surface area contributed by atoms with Crippen molar-refractivity contribution >= 4 is 17.9 Å². The SMILES string of the molecule is O=C(NCCC=Cc1ccc([N+](=O)[O-])cc1)OCc1ccccc1. The molecule has 0 aromatic heterocycles. The molecule has 0 atom stereocenters. The van der Waals surface area contributed by atoms with Gasteiger partial charge in [0.15, 0.2) is 0 Å². The third-order valence-corrected chi connectivity index (χ3v) is 3.21. The summed E-state index contributed by atoms with van der Waals surface area (Å²) >= 11 is 0. The quantitative estimate of drug-likeness (QED) is 0.475. The standard InChI is InChI=1S/C18H18N2O4/c21-18(24-14-16-7-2-1-3-8-16)19-13-5-4-6-15-9-11-17(12-10-15)20(22)23/h1-4,6-12H,5,13-14H2,(H,19,21). The average molecular weight is 326 g/mol. The molecule has 0 saturated carbocycles. The summed E-state index contributed by atoms with van der Waals surface area (Å²) in [5.74, 6) is 0. The number of hydrogen-bond acceptors (Lipinski definition) is 4. The fourth-order valence-electron chi connectivity index (χ4n) is 1.96. The number of ether oxygens (including phenoxy) is 1. The Bertz CT molecular complexity index is 697. The second kappa shape index (κ2) is 9.09. The number of nitrogens with one attached hydrogen (secondary N) is 1. The number of hydrogen-bond donors (Lipinski definition) is 1. The lowest BCUT2D eigenvalue weighted by Gasteiger charge is -2.05. The van der Waals surface area contributed by atoms with Crippen molar-refractivity contribution in [2.45, 2.75) is 13.0 Å². The van der Waals surface area contributed by atoms with E-state index in [0.29, 0.717) is 13.0 Å². The van der Waals surface area contributed by atoms with Gasteiger partial charge in [0.05, 0.1) is 4.92 Å². The number of alkyl carbamates (subject to hydrolysis) is 1. The Morgan fingerprint density at radius 3 is 2.50 bits per heavy atom. The van der Waals surface area contributed by atoms with Gasteiger partial charge in [-0.1, -0.05) is 42.5 Å². The molecule has 0 fully saturated rings. The first-order valence-electron chi connectivity index (χ1n) is 7.51. The van der Waals surface area contributed by atoms with E-state index in [-0.39, 0.29) is 12.3 Å². The number of benzene rings is 2. The number of nitro groups is 1. The molecule has 1 amide bonds. The molecule has 24 heavy (non-hydrogen) atoms. The molecule has 0 aliphatic heterocycles. The van der Waals surface area contributed by atoms with E-state index in [9.17, 15) is 14.9 Å².